The van der Waals surface area contributed by atoms with E-state index >= 15 is 0 Å². The summed E-state index contributed by atoms with van der Waals surface area (Å²) in [6.07, 6.45) is 2.70. The molecule has 1 aliphatic heterocycles. The summed E-state index contributed by atoms with van der Waals surface area (Å²) in [6, 6.07) is 6.02. The molecule has 3 rings (SSSR count). The third kappa shape index (κ3) is 2.41. The van der Waals surface area contributed by atoms with Crippen LogP contribution in [-0.2, 0) is 0 Å². The Morgan fingerprint density at radius 1 is 1.39 bits per heavy atom. The second kappa shape index (κ2) is 4.82. The molecule has 18 heavy (non-hydrogen) atoms. The number of nitrogens with one attached hydrogen (secondary N) is 1. The van der Waals surface area contributed by atoms with Crippen molar-refractivity contribution in [2.75, 3.05) is 18.0 Å². The van der Waals surface area contributed by atoms with E-state index in [9.17, 15) is 4.39 Å². The van der Waals surface area contributed by atoms with Crippen LogP contribution in [0.1, 0.15) is 19.8 Å². The molecule has 2 fully saturated rings. The van der Waals surface area contributed by atoms with Crippen molar-refractivity contribution in [1.82, 2.24) is 5.32 Å². The van der Waals surface area contributed by atoms with Crippen LogP contribution < -0.4 is 10.2 Å². The molecule has 1 aliphatic carbocycles. The fourth-order valence-corrected chi connectivity index (χ4v) is 3.33. The van der Waals surface area contributed by atoms with Crippen molar-refractivity contribution in [3.63, 3.8) is 0 Å². The van der Waals surface area contributed by atoms with E-state index in [1.54, 1.807) is 12.1 Å². The van der Waals surface area contributed by atoms with E-state index in [4.69, 9.17) is 0 Å². The lowest BCUT2D eigenvalue weighted by Crippen LogP contribution is -2.56. The monoisotopic (exact) mass is 312 g/mol. The van der Waals surface area contributed by atoms with Crippen LogP contribution in [0.25, 0.3) is 0 Å². The molecule has 1 aromatic rings. The summed E-state index contributed by atoms with van der Waals surface area (Å²) in [6.45, 7) is 4.24. The summed E-state index contributed by atoms with van der Waals surface area (Å²) in [5.41, 5.74) is 1.11. The summed E-state index contributed by atoms with van der Waals surface area (Å²) in [4.78, 5) is 2.39. The van der Waals surface area contributed by atoms with Crippen LogP contribution >= 0.6 is 15.9 Å². The first-order chi connectivity index (χ1) is 8.65. The molecule has 2 nitrogen and oxygen atoms in total. The molecule has 1 saturated carbocycles. The first-order valence-corrected chi connectivity index (χ1v) is 7.39. The number of benzene rings is 1. The molecule has 2 atom stereocenters. The SMILES string of the molecule is CC1CNC(C2CC2)CN1c1ccc(F)cc1Br. The molecule has 1 heterocycles. The summed E-state index contributed by atoms with van der Waals surface area (Å²) in [5, 5.41) is 3.63. The molecule has 2 aliphatic rings. The zero-order chi connectivity index (χ0) is 12.7. The lowest BCUT2D eigenvalue weighted by atomic mass is 10.1. The van der Waals surface area contributed by atoms with E-state index in [-0.39, 0.29) is 5.82 Å². The molecule has 2 unspecified atom stereocenters. The van der Waals surface area contributed by atoms with Gasteiger partial charge in [-0.1, -0.05) is 0 Å². The maximum atomic E-state index is 13.2. The van der Waals surface area contributed by atoms with E-state index in [0.717, 1.165) is 29.2 Å². The number of anilines is 1. The Balaban J connectivity index is 1.83. The third-order valence-corrected chi connectivity index (χ3v) is 4.65. The normalized spacial score (nSPS) is 28.5. The topological polar surface area (TPSA) is 15.3 Å². The molecule has 1 N–H and O–H groups in total. The predicted molar refractivity (Wildman–Crippen MR) is 75.4 cm³/mol. The van der Waals surface area contributed by atoms with Gasteiger partial charge >= 0.3 is 0 Å². The Bertz CT molecular complexity index is 447. The number of piperazine rings is 1. The van der Waals surface area contributed by atoms with Gasteiger partial charge in [-0.3, -0.25) is 0 Å². The third-order valence-electron chi connectivity index (χ3n) is 4.01. The zero-order valence-corrected chi connectivity index (χ0v) is 12.1. The largest absolute Gasteiger partial charge is 0.365 e. The van der Waals surface area contributed by atoms with Crippen molar-refractivity contribution in [1.29, 1.82) is 0 Å². The Kier molecular flexibility index (Phi) is 3.32. The van der Waals surface area contributed by atoms with Crippen molar-refractivity contribution in [2.45, 2.75) is 31.8 Å². The first kappa shape index (κ1) is 12.4. The van der Waals surface area contributed by atoms with Gasteiger partial charge in [-0.25, -0.2) is 4.39 Å². The van der Waals surface area contributed by atoms with Crippen molar-refractivity contribution < 1.29 is 4.39 Å². The fraction of sp³-hybridized carbons (Fsp3) is 0.571. The van der Waals surface area contributed by atoms with Crippen LogP contribution in [0, 0.1) is 11.7 Å². The Morgan fingerprint density at radius 3 is 2.83 bits per heavy atom. The highest BCUT2D eigenvalue weighted by Crippen LogP contribution is 2.36. The minimum Gasteiger partial charge on any atom is -0.365 e. The van der Waals surface area contributed by atoms with E-state index in [1.165, 1.54) is 12.8 Å². The average Bonchev–Trinajstić information content (AvgIpc) is 3.14. The molecular weight excluding hydrogens is 295 g/mol. The summed E-state index contributed by atoms with van der Waals surface area (Å²) < 4.78 is 14.0. The lowest BCUT2D eigenvalue weighted by molar-refractivity contribution is 0.375. The minimum atomic E-state index is -0.188. The number of nitrogens with zero attached hydrogens (tertiary/aromatic N) is 1. The molecule has 0 spiro atoms. The molecule has 0 radical (unpaired) electrons. The van der Waals surface area contributed by atoms with Crippen molar-refractivity contribution >= 4 is 21.6 Å². The maximum Gasteiger partial charge on any atom is 0.124 e. The molecule has 0 aromatic heterocycles. The molecule has 4 heteroatoms. The summed E-state index contributed by atoms with van der Waals surface area (Å²) >= 11 is 3.48. The predicted octanol–water partition coefficient (Wildman–Crippen LogP) is 3.16. The highest BCUT2D eigenvalue weighted by molar-refractivity contribution is 9.10. The zero-order valence-electron chi connectivity index (χ0n) is 10.5. The smallest absolute Gasteiger partial charge is 0.124 e. The van der Waals surface area contributed by atoms with Crippen molar-refractivity contribution in [3.05, 3.63) is 28.5 Å². The van der Waals surface area contributed by atoms with Gasteiger partial charge in [0.25, 0.3) is 0 Å². The van der Waals surface area contributed by atoms with Crippen LogP contribution in [0.3, 0.4) is 0 Å². The van der Waals surface area contributed by atoms with Crippen molar-refractivity contribution in [2.24, 2.45) is 5.92 Å². The first-order valence-electron chi connectivity index (χ1n) is 6.60. The second-order valence-electron chi connectivity index (χ2n) is 5.45. The van der Waals surface area contributed by atoms with Gasteiger partial charge in [-0.15, -0.1) is 0 Å². The molecule has 1 saturated heterocycles. The second-order valence-corrected chi connectivity index (χ2v) is 6.30. The molecule has 98 valence electrons. The highest BCUT2D eigenvalue weighted by atomic mass is 79.9. The van der Waals surface area contributed by atoms with Gasteiger partial charge in [0, 0.05) is 29.6 Å². The Morgan fingerprint density at radius 2 is 2.17 bits per heavy atom. The minimum absolute atomic E-state index is 0.188. The molecular formula is C14H18BrFN2. The van der Waals surface area contributed by atoms with Gasteiger partial charge < -0.3 is 10.2 Å². The molecule has 0 bridgehead atoms. The van der Waals surface area contributed by atoms with Gasteiger partial charge in [-0.05, 0) is 59.8 Å². The molecule has 1 aromatic carbocycles. The quantitative estimate of drug-likeness (QED) is 0.902. The van der Waals surface area contributed by atoms with Crippen LogP contribution in [0.15, 0.2) is 22.7 Å². The van der Waals surface area contributed by atoms with Gasteiger partial charge in [-0.2, -0.15) is 0 Å². The number of halogens is 2. The van der Waals surface area contributed by atoms with Crippen LogP contribution in [0.4, 0.5) is 10.1 Å². The van der Waals surface area contributed by atoms with E-state index in [1.807, 2.05) is 6.07 Å². The molecule has 0 amide bonds. The Hall–Kier alpha value is -0.610. The summed E-state index contributed by atoms with van der Waals surface area (Å²) in [7, 11) is 0. The van der Waals surface area contributed by atoms with Gasteiger partial charge in [0.2, 0.25) is 0 Å². The van der Waals surface area contributed by atoms with Crippen LogP contribution in [0.5, 0.6) is 0 Å². The average molecular weight is 313 g/mol. The van der Waals surface area contributed by atoms with Gasteiger partial charge in [0.05, 0.1) is 5.69 Å². The van der Waals surface area contributed by atoms with E-state index < -0.39 is 0 Å². The Labute approximate surface area is 116 Å². The number of hydrogen-bond donors (Lipinski definition) is 1. The fourth-order valence-electron chi connectivity index (χ4n) is 2.75. The highest BCUT2D eigenvalue weighted by Gasteiger charge is 2.36. The van der Waals surface area contributed by atoms with E-state index in [2.05, 4.69) is 33.1 Å². The standard InChI is InChI=1S/C14H18BrFN2/c1-9-7-17-13(10-2-3-10)8-18(9)14-5-4-11(16)6-12(14)15/h4-6,9-10,13,17H,2-3,7-8H2,1H3. The number of rotatable bonds is 2. The van der Waals surface area contributed by atoms with Crippen LogP contribution in [0.2, 0.25) is 0 Å². The van der Waals surface area contributed by atoms with Gasteiger partial charge in [0.15, 0.2) is 0 Å². The van der Waals surface area contributed by atoms with Crippen molar-refractivity contribution in [3.8, 4) is 0 Å². The summed E-state index contributed by atoms with van der Waals surface area (Å²) in [5.74, 6) is 0.659. The van der Waals surface area contributed by atoms with E-state index in [0.29, 0.717) is 12.1 Å². The maximum absolute atomic E-state index is 13.2. The number of hydrogen-bond acceptors (Lipinski definition) is 2. The lowest BCUT2D eigenvalue weighted by Gasteiger charge is -2.41. The van der Waals surface area contributed by atoms with Crippen LogP contribution in [-0.4, -0.2) is 25.2 Å². The van der Waals surface area contributed by atoms with Gasteiger partial charge in [0.1, 0.15) is 5.82 Å².